The van der Waals surface area contributed by atoms with Crippen LogP contribution in [0.4, 0.5) is 5.69 Å². The topological polar surface area (TPSA) is 88.2 Å². The molecule has 2 N–H and O–H groups in total. The van der Waals surface area contributed by atoms with Gasteiger partial charge in [0.05, 0.1) is 28.7 Å². The summed E-state index contributed by atoms with van der Waals surface area (Å²) >= 11 is 1.51. The summed E-state index contributed by atoms with van der Waals surface area (Å²) in [5.41, 5.74) is 1.88. The van der Waals surface area contributed by atoms with Crippen LogP contribution in [0.2, 0.25) is 0 Å². The number of sulfonamides is 1. The van der Waals surface area contributed by atoms with E-state index in [-0.39, 0.29) is 11.9 Å². The number of para-hydroxylation sites is 1. The van der Waals surface area contributed by atoms with Crippen molar-refractivity contribution in [3.63, 3.8) is 0 Å². The Morgan fingerprint density at radius 3 is 2.67 bits per heavy atom. The molecule has 0 saturated carbocycles. The van der Waals surface area contributed by atoms with Crippen molar-refractivity contribution in [2.24, 2.45) is 0 Å². The normalized spacial score (nSPS) is 13.0. The Morgan fingerprint density at radius 2 is 2.04 bits per heavy atom. The molecule has 1 atom stereocenters. The average Bonchev–Trinajstić information content (AvgIpc) is 2.89. The molecule has 2 rings (SSSR count). The maximum Gasteiger partial charge on any atom is 0.244 e. The molecule has 128 valence electrons. The lowest BCUT2D eigenvalue weighted by atomic mass is 10.1. The number of rotatable bonds is 6. The molecule has 0 aliphatic carbocycles. The molecule has 1 amide bonds. The molecule has 0 fully saturated rings. The van der Waals surface area contributed by atoms with E-state index in [9.17, 15) is 13.2 Å². The van der Waals surface area contributed by atoms with E-state index in [0.29, 0.717) is 11.3 Å². The zero-order chi connectivity index (χ0) is 17.7. The first-order valence-corrected chi connectivity index (χ1v) is 9.99. The maximum absolute atomic E-state index is 12.0. The number of hydrogen-bond donors (Lipinski definition) is 2. The summed E-state index contributed by atoms with van der Waals surface area (Å²) in [4.78, 5) is 16.3. The van der Waals surface area contributed by atoms with Crippen LogP contribution in [0.25, 0.3) is 6.08 Å². The van der Waals surface area contributed by atoms with E-state index in [1.165, 1.54) is 17.4 Å². The van der Waals surface area contributed by atoms with Gasteiger partial charge in [-0.3, -0.25) is 9.52 Å². The van der Waals surface area contributed by atoms with Crippen LogP contribution in [0, 0.1) is 6.92 Å². The number of amides is 1. The third-order valence-electron chi connectivity index (χ3n) is 3.12. The third kappa shape index (κ3) is 5.47. The van der Waals surface area contributed by atoms with Gasteiger partial charge in [-0.2, -0.15) is 0 Å². The molecule has 1 aromatic heterocycles. The highest BCUT2D eigenvalue weighted by Crippen LogP contribution is 2.23. The van der Waals surface area contributed by atoms with Crippen LogP contribution in [-0.2, 0) is 14.8 Å². The van der Waals surface area contributed by atoms with E-state index >= 15 is 0 Å². The number of nitrogens with zero attached hydrogens (tertiary/aromatic N) is 1. The summed E-state index contributed by atoms with van der Waals surface area (Å²) in [6.07, 6.45) is 4.15. The highest BCUT2D eigenvalue weighted by atomic mass is 32.2. The number of benzene rings is 1. The van der Waals surface area contributed by atoms with Crippen molar-refractivity contribution in [1.29, 1.82) is 0 Å². The second-order valence-electron chi connectivity index (χ2n) is 5.32. The van der Waals surface area contributed by atoms with Gasteiger partial charge in [0, 0.05) is 11.5 Å². The predicted octanol–water partition coefficient (Wildman–Crippen LogP) is 2.71. The largest absolute Gasteiger partial charge is 0.346 e. The summed E-state index contributed by atoms with van der Waals surface area (Å²) in [6, 6.07) is 6.60. The number of aromatic nitrogens is 1. The average molecular weight is 365 g/mol. The fourth-order valence-corrected chi connectivity index (χ4v) is 3.29. The number of anilines is 1. The van der Waals surface area contributed by atoms with Crippen molar-refractivity contribution >= 4 is 39.0 Å². The molecule has 1 heterocycles. The smallest absolute Gasteiger partial charge is 0.244 e. The number of hydrogen-bond acceptors (Lipinski definition) is 5. The van der Waals surface area contributed by atoms with Crippen molar-refractivity contribution in [2.75, 3.05) is 11.0 Å². The van der Waals surface area contributed by atoms with E-state index in [1.807, 2.05) is 12.3 Å². The van der Waals surface area contributed by atoms with Gasteiger partial charge in [-0.05, 0) is 31.6 Å². The Balaban J connectivity index is 2.08. The number of thiazole rings is 1. The van der Waals surface area contributed by atoms with Gasteiger partial charge >= 0.3 is 0 Å². The van der Waals surface area contributed by atoms with Crippen molar-refractivity contribution < 1.29 is 13.2 Å². The maximum atomic E-state index is 12.0. The van der Waals surface area contributed by atoms with Gasteiger partial charge in [0.2, 0.25) is 15.9 Å². The number of nitrogens with one attached hydrogen (secondary N) is 2. The molecule has 6 nitrogen and oxygen atoms in total. The highest BCUT2D eigenvalue weighted by molar-refractivity contribution is 7.92. The van der Waals surface area contributed by atoms with E-state index in [4.69, 9.17) is 0 Å². The lowest BCUT2D eigenvalue weighted by molar-refractivity contribution is -0.117. The fourth-order valence-electron chi connectivity index (χ4n) is 2.12. The molecule has 0 aliphatic rings. The van der Waals surface area contributed by atoms with E-state index < -0.39 is 10.0 Å². The quantitative estimate of drug-likeness (QED) is 0.771. The summed E-state index contributed by atoms with van der Waals surface area (Å²) in [6.45, 7) is 3.69. The first-order valence-electron chi connectivity index (χ1n) is 7.22. The van der Waals surface area contributed by atoms with E-state index in [2.05, 4.69) is 15.0 Å². The molecular weight excluding hydrogens is 346 g/mol. The first kappa shape index (κ1) is 18.2. The van der Waals surface area contributed by atoms with Crippen LogP contribution in [0.3, 0.4) is 0 Å². The number of aryl methyl sites for hydroxylation is 1. The fraction of sp³-hybridized carbons (Fsp3) is 0.250. The first-order chi connectivity index (χ1) is 11.2. The molecule has 1 unspecified atom stereocenters. The van der Waals surface area contributed by atoms with Crippen molar-refractivity contribution in [3.8, 4) is 0 Å². The molecule has 8 heteroatoms. The van der Waals surface area contributed by atoms with Gasteiger partial charge in [0.1, 0.15) is 0 Å². The Labute approximate surface area is 145 Å². The van der Waals surface area contributed by atoms with Gasteiger partial charge in [0.15, 0.2) is 0 Å². The SMILES string of the molecule is Cc1nc(C=CC(=O)NC(C)c2ccccc2NS(C)(=O)=O)cs1. The molecule has 0 radical (unpaired) electrons. The lowest BCUT2D eigenvalue weighted by Crippen LogP contribution is -2.25. The van der Waals surface area contributed by atoms with Crippen LogP contribution in [-0.4, -0.2) is 25.6 Å². The Kier molecular flexibility index (Phi) is 5.74. The lowest BCUT2D eigenvalue weighted by Gasteiger charge is -2.17. The van der Waals surface area contributed by atoms with Crippen LogP contribution in [0.1, 0.15) is 29.2 Å². The molecule has 1 aromatic carbocycles. The molecular formula is C16H19N3O3S2. The van der Waals surface area contributed by atoms with Crippen LogP contribution < -0.4 is 10.0 Å². The standard InChI is InChI=1S/C16H19N3O3S2/c1-11(14-6-4-5-7-15(14)19-24(3,21)22)17-16(20)9-8-13-10-23-12(2)18-13/h4-11,19H,1-3H3,(H,17,20). The van der Waals surface area contributed by atoms with Gasteiger partial charge in [-0.1, -0.05) is 18.2 Å². The summed E-state index contributed by atoms with van der Waals surface area (Å²) < 4.78 is 25.3. The molecule has 24 heavy (non-hydrogen) atoms. The van der Waals surface area contributed by atoms with Crippen LogP contribution in [0.5, 0.6) is 0 Å². The predicted molar refractivity (Wildman–Crippen MR) is 97.4 cm³/mol. The second kappa shape index (κ2) is 7.59. The minimum Gasteiger partial charge on any atom is -0.346 e. The van der Waals surface area contributed by atoms with Gasteiger partial charge in [0.25, 0.3) is 0 Å². The summed E-state index contributed by atoms with van der Waals surface area (Å²) in [7, 11) is -3.39. The molecule has 0 spiro atoms. The van der Waals surface area contributed by atoms with E-state index in [0.717, 1.165) is 17.0 Å². The van der Waals surface area contributed by atoms with Crippen LogP contribution in [0.15, 0.2) is 35.7 Å². The minimum atomic E-state index is -3.39. The van der Waals surface area contributed by atoms with Crippen molar-refractivity contribution in [1.82, 2.24) is 10.3 Å². The number of carbonyl (C=O) groups is 1. The molecule has 0 saturated heterocycles. The minimum absolute atomic E-state index is 0.276. The zero-order valence-corrected chi connectivity index (χ0v) is 15.2. The molecule has 2 aromatic rings. The summed E-state index contributed by atoms with van der Waals surface area (Å²) in [5.74, 6) is -0.276. The van der Waals surface area contributed by atoms with Crippen molar-refractivity contribution in [2.45, 2.75) is 19.9 Å². The van der Waals surface area contributed by atoms with Crippen molar-refractivity contribution in [3.05, 3.63) is 52.0 Å². The molecule has 0 aliphatic heterocycles. The van der Waals surface area contributed by atoms with Gasteiger partial charge in [-0.15, -0.1) is 11.3 Å². The van der Waals surface area contributed by atoms with Crippen LogP contribution >= 0.6 is 11.3 Å². The highest BCUT2D eigenvalue weighted by Gasteiger charge is 2.14. The van der Waals surface area contributed by atoms with Gasteiger partial charge in [-0.25, -0.2) is 13.4 Å². The Bertz CT molecular complexity index is 857. The monoisotopic (exact) mass is 365 g/mol. The van der Waals surface area contributed by atoms with E-state index in [1.54, 1.807) is 37.3 Å². The third-order valence-corrected chi connectivity index (χ3v) is 4.51. The van der Waals surface area contributed by atoms with Gasteiger partial charge < -0.3 is 5.32 Å². The number of carbonyl (C=O) groups excluding carboxylic acids is 1. The second-order valence-corrected chi connectivity index (χ2v) is 8.13. The summed E-state index contributed by atoms with van der Waals surface area (Å²) in [5, 5.41) is 5.62. The molecule has 0 bridgehead atoms. The zero-order valence-electron chi connectivity index (χ0n) is 13.6. The Hall–Kier alpha value is -2.19. The Morgan fingerprint density at radius 1 is 1.33 bits per heavy atom.